The summed E-state index contributed by atoms with van der Waals surface area (Å²) in [5.41, 5.74) is 1.67. The summed E-state index contributed by atoms with van der Waals surface area (Å²) in [6.07, 6.45) is 0. The number of halogens is 1. The lowest BCUT2D eigenvalue weighted by atomic mass is 10.2. The van der Waals surface area contributed by atoms with Crippen LogP contribution in [0.25, 0.3) is 0 Å². The van der Waals surface area contributed by atoms with E-state index in [2.05, 4.69) is 11.3 Å². The van der Waals surface area contributed by atoms with Crippen LogP contribution in [0.15, 0.2) is 41.3 Å². The van der Waals surface area contributed by atoms with Crippen LogP contribution in [0.2, 0.25) is 0 Å². The second-order valence-electron chi connectivity index (χ2n) is 4.19. The lowest BCUT2D eigenvalue weighted by Gasteiger charge is -2.08. The van der Waals surface area contributed by atoms with Gasteiger partial charge in [-0.15, -0.1) is 11.6 Å². The van der Waals surface area contributed by atoms with Gasteiger partial charge in [-0.2, -0.15) is 0 Å². The third kappa shape index (κ3) is 5.74. The van der Waals surface area contributed by atoms with Gasteiger partial charge in [-0.3, -0.25) is 0 Å². The number of ether oxygens (including phenoxy) is 1. The maximum atomic E-state index is 12.0. The van der Waals surface area contributed by atoms with Gasteiger partial charge in [0.05, 0.1) is 18.1 Å². The number of sulfonamides is 1. The van der Waals surface area contributed by atoms with Gasteiger partial charge in [0.15, 0.2) is 0 Å². The van der Waals surface area contributed by atoms with Gasteiger partial charge in [0.25, 0.3) is 0 Å². The molecule has 19 heavy (non-hydrogen) atoms. The van der Waals surface area contributed by atoms with Crippen LogP contribution >= 0.6 is 11.6 Å². The summed E-state index contributed by atoms with van der Waals surface area (Å²) in [4.78, 5) is 0.213. The van der Waals surface area contributed by atoms with Crippen LogP contribution in [0.1, 0.15) is 12.5 Å². The molecule has 0 heterocycles. The van der Waals surface area contributed by atoms with E-state index >= 15 is 0 Å². The Morgan fingerprint density at radius 2 is 2.21 bits per heavy atom. The Kier molecular flexibility index (Phi) is 6.51. The van der Waals surface area contributed by atoms with Crippen molar-refractivity contribution in [3.63, 3.8) is 0 Å². The zero-order chi connectivity index (χ0) is 14.3. The summed E-state index contributed by atoms with van der Waals surface area (Å²) in [5.74, 6) is 0.283. The number of nitrogens with one attached hydrogen (secondary N) is 1. The molecule has 0 spiro atoms. The molecule has 0 aliphatic heterocycles. The molecule has 1 aromatic rings. The lowest BCUT2D eigenvalue weighted by molar-refractivity contribution is 0.162. The van der Waals surface area contributed by atoms with Gasteiger partial charge in [-0.25, -0.2) is 13.1 Å². The Bertz CT molecular complexity index is 528. The van der Waals surface area contributed by atoms with Gasteiger partial charge in [-0.05, 0) is 24.6 Å². The highest BCUT2D eigenvalue weighted by atomic mass is 35.5. The van der Waals surface area contributed by atoms with Crippen LogP contribution in [0.4, 0.5) is 0 Å². The first-order valence-electron chi connectivity index (χ1n) is 5.82. The van der Waals surface area contributed by atoms with E-state index in [0.717, 1.165) is 11.1 Å². The maximum Gasteiger partial charge on any atom is 0.240 e. The molecule has 0 aliphatic carbocycles. The second kappa shape index (κ2) is 7.65. The highest BCUT2D eigenvalue weighted by Gasteiger charge is 2.13. The van der Waals surface area contributed by atoms with Crippen molar-refractivity contribution in [2.45, 2.75) is 17.7 Å². The third-order valence-electron chi connectivity index (χ3n) is 2.25. The number of benzene rings is 1. The maximum absolute atomic E-state index is 12.0. The van der Waals surface area contributed by atoms with Crippen molar-refractivity contribution in [1.82, 2.24) is 4.72 Å². The van der Waals surface area contributed by atoms with E-state index in [9.17, 15) is 8.42 Å². The normalized spacial score (nSPS) is 11.5. The van der Waals surface area contributed by atoms with Crippen LogP contribution in [-0.2, 0) is 20.6 Å². The van der Waals surface area contributed by atoms with Crippen molar-refractivity contribution in [3.8, 4) is 0 Å². The van der Waals surface area contributed by atoms with Crippen molar-refractivity contribution in [3.05, 3.63) is 42.0 Å². The molecule has 0 aromatic heterocycles. The molecule has 1 N–H and O–H groups in total. The van der Waals surface area contributed by atoms with Crippen LogP contribution < -0.4 is 4.72 Å². The standard InChI is InChI=1S/C13H18ClNO3S/c1-11(2)10-18-7-6-15-19(16,17)13-5-3-4-12(8-13)9-14/h3-5,8,15H,1,6-7,9-10H2,2H3. The highest BCUT2D eigenvalue weighted by molar-refractivity contribution is 7.89. The predicted molar refractivity (Wildman–Crippen MR) is 76.8 cm³/mol. The minimum atomic E-state index is -3.50. The zero-order valence-electron chi connectivity index (χ0n) is 10.9. The summed E-state index contributed by atoms with van der Waals surface area (Å²) in [5, 5.41) is 0. The minimum absolute atomic E-state index is 0.213. The number of hydrogen-bond acceptors (Lipinski definition) is 3. The van der Waals surface area contributed by atoms with Crippen molar-refractivity contribution in [2.24, 2.45) is 0 Å². The van der Waals surface area contributed by atoms with Crippen molar-refractivity contribution in [1.29, 1.82) is 0 Å². The van der Waals surface area contributed by atoms with E-state index in [1.54, 1.807) is 18.2 Å². The van der Waals surface area contributed by atoms with E-state index < -0.39 is 10.0 Å². The fourth-order valence-corrected chi connectivity index (χ4v) is 2.62. The monoisotopic (exact) mass is 303 g/mol. The predicted octanol–water partition coefficient (Wildman–Crippen LogP) is 2.30. The Balaban J connectivity index is 2.53. The first-order valence-corrected chi connectivity index (χ1v) is 7.84. The Morgan fingerprint density at radius 3 is 2.84 bits per heavy atom. The largest absolute Gasteiger partial charge is 0.376 e. The molecule has 4 nitrogen and oxygen atoms in total. The van der Waals surface area contributed by atoms with Gasteiger partial charge < -0.3 is 4.74 Å². The summed E-state index contributed by atoms with van der Waals surface area (Å²) in [6, 6.07) is 6.54. The van der Waals surface area contributed by atoms with Gasteiger partial charge in [0.2, 0.25) is 10.0 Å². The lowest BCUT2D eigenvalue weighted by Crippen LogP contribution is -2.27. The molecule has 0 atom stereocenters. The minimum Gasteiger partial charge on any atom is -0.376 e. The second-order valence-corrected chi connectivity index (χ2v) is 6.22. The Hall–Kier alpha value is -0.880. The van der Waals surface area contributed by atoms with Crippen molar-refractivity contribution >= 4 is 21.6 Å². The first-order chi connectivity index (χ1) is 8.95. The van der Waals surface area contributed by atoms with Gasteiger partial charge in [-0.1, -0.05) is 24.3 Å². The van der Waals surface area contributed by atoms with Gasteiger partial charge >= 0.3 is 0 Å². The van der Waals surface area contributed by atoms with Crippen LogP contribution in [0.5, 0.6) is 0 Å². The summed E-state index contributed by atoms with van der Waals surface area (Å²) >= 11 is 5.68. The summed E-state index contributed by atoms with van der Waals surface area (Å²) in [6.45, 7) is 6.50. The Morgan fingerprint density at radius 1 is 1.47 bits per heavy atom. The summed E-state index contributed by atoms with van der Waals surface area (Å²) < 4.78 is 31.6. The molecule has 0 bridgehead atoms. The smallest absolute Gasteiger partial charge is 0.240 e. The molecule has 0 saturated carbocycles. The molecule has 0 radical (unpaired) electrons. The fourth-order valence-electron chi connectivity index (χ4n) is 1.37. The van der Waals surface area contributed by atoms with Crippen molar-refractivity contribution < 1.29 is 13.2 Å². The first kappa shape index (κ1) is 16.2. The molecule has 1 rings (SSSR count). The Labute approximate surface area is 119 Å². The van der Waals surface area contributed by atoms with Gasteiger partial charge in [0.1, 0.15) is 0 Å². The van der Waals surface area contributed by atoms with E-state index in [4.69, 9.17) is 16.3 Å². The molecule has 0 aliphatic rings. The topological polar surface area (TPSA) is 55.4 Å². The molecule has 0 saturated heterocycles. The number of alkyl halides is 1. The molecule has 1 aromatic carbocycles. The number of hydrogen-bond donors (Lipinski definition) is 1. The van der Waals surface area contributed by atoms with E-state index in [1.165, 1.54) is 6.07 Å². The number of rotatable bonds is 8. The van der Waals surface area contributed by atoms with Crippen LogP contribution in [-0.4, -0.2) is 28.2 Å². The zero-order valence-corrected chi connectivity index (χ0v) is 12.4. The molecule has 6 heteroatoms. The molecule has 0 unspecified atom stereocenters. The van der Waals surface area contributed by atoms with E-state index in [1.807, 2.05) is 6.92 Å². The van der Waals surface area contributed by atoms with Crippen LogP contribution in [0, 0.1) is 0 Å². The molecular weight excluding hydrogens is 286 g/mol. The van der Waals surface area contributed by atoms with Crippen molar-refractivity contribution in [2.75, 3.05) is 19.8 Å². The fraction of sp³-hybridized carbons (Fsp3) is 0.385. The van der Waals surface area contributed by atoms with Gasteiger partial charge in [0, 0.05) is 12.4 Å². The summed E-state index contributed by atoms with van der Waals surface area (Å²) in [7, 11) is -3.50. The van der Waals surface area contributed by atoms with E-state index in [-0.39, 0.29) is 17.3 Å². The third-order valence-corrected chi connectivity index (χ3v) is 4.02. The molecule has 106 valence electrons. The molecule has 0 fully saturated rings. The SMILES string of the molecule is C=C(C)COCCNS(=O)(=O)c1cccc(CCl)c1. The highest BCUT2D eigenvalue weighted by Crippen LogP contribution is 2.12. The molecule has 0 amide bonds. The average molecular weight is 304 g/mol. The van der Waals surface area contributed by atoms with Crippen LogP contribution in [0.3, 0.4) is 0 Å². The average Bonchev–Trinajstić information content (AvgIpc) is 2.38. The van der Waals surface area contributed by atoms with E-state index in [0.29, 0.717) is 13.2 Å². The molecular formula is C13H18ClNO3S. The quantitative estimate of drug-likeness (QED) is 0.455.